The van der Waals surface area contributed by atoms with Gasteiger partial charge in [-0.15, -0.1) is 0 Å². The second-order valence-electron chi connectivity index (χ2n) is 13.6. The van der Waals surface area contributed by atoms with Crippen molar-refractivity contribution in [1.29, 1.82) is 0 Å². The average molecular weight is 533 g/mol. The molecule has 212 valence electrons. The molecule has 4 N–H and O–H groups in total. The van der Waals surface area contributed by atoms with Crippen LogP contribution in [0.25, 0.3) is 0 Å². The molecule has 8 nitrogen and oxygen atoms in total. The van der Waals surface area contributed by atoms with Crippen molar-refractivity contribution >= 4 is 0 Å². The molecule has 5 aliphatic rings. The summed E-state index contributed by atoms with van der Waals surface area (Å²) in [7, 11) is 0. The summed E-state index contributed by atoms with van der Waals surface area (Å²) in [5.74, 6) is 1.35. The van der Waals surface area contributed by atoms with E-state index in [0.717, 1.165) is 63.4 Å². The molecule has 0 spiro atoms. The lowest BCUT2D eigenvalue weighted by atomic mass is 9.43. The minimum Gasteiger partial charge on any atom is -0.431 e. The van der Waals surface area contributed by atoms with Crippen LogP contribution in [0.3, 0.4) is 0 Å². The van der Waals surface area contributed by atoms with E-state index in [2.05, 4.69) is 13.8 Å². The minimum atomic E-state index is -1.28. The molecule has 1 saturated heterocycles. The highest BCUT2D eigenvalue weighted by atomic mass is 16.7. The van der Waals surface area contributed by atoms with Crippen molar-refractivity contribution in [3.8, 4) is 0 Å². The molecule has 0 amide bonds. The van der Waals surface area contributed by atoms with Gasteiger partial charge in [-0.1, -0.05) is 13.8 Å². The van der Waals surface area contributed by atoms with Crippen molar-refractivity contribution in [2.45, 2.75) is 127 Å². The van der Waals surface area contributed by atoms with Gasteiger partial charge < -0.3 is 34.3 Å². The Hall–Kier alpha value is -1.29. The monoisotopic (exact) mass is 532 g/mol. The van der Waals surface area contributed by atoms with Crippen LogP contribution in [-0.4, -0.2) is 62.8 Å². The summed E-state index contributed by atoms with van der Waals surface area (Å²) in [6, 6.07) is 3.38. The van der Waals surface area contributed by atoms with E-state index in [1.165, 1.54) is 6.07 Å². The summed E-state index contributed by atoms with van der Waals surface area (Å²) in [4.78, 5) is 11.5. The molecule has 0 radical (unpaired) electrons. The standard InChI is InChI=1S/C30H44O8/c1-16-24(32)25(33)26(34)27(37-16)38-19-8-11-28(2)18(14-19)5-6-22-21(28)9-12-29(3)20(10-13-30(22,29)35)17-4-7-23(31)36-15-17/h4,7,15-16,18-22,24-27,32-35H,5-6,8-14H2,1-3H3/t16-,18+,19-,20?,21-,22+,24+,25+,26-,27+,28-,29+,30-/m0/s1. The third-order valence-electron chi connectivity index (χ3n) is 12.1. The van der Waals surface area contributed by atoms with Crippen LogP contribution in [0.2, 0.25) is 0 Å². The van der Waals surface area contributed by atoms with Gasteiger partial charge in [0.15, 0.2) is 6.29 Å². The Balaban J connectivity index is 1.17. The van der Waals surface area contributed by atoms with Gasteiger partial charge >= 0.3 is 5.63 Å². The van der Waals surface area contributed by atoms with Crippen LogP contribution >= 0.6 is 0 Å². The summed E-state index contributed by atoms with van der Waals surface area (Å²) < 4.78 is 17.1. The van der Waals surface area contributed by atoms with Crippen LogP contribution in [0.5, 0.6) is 0 Å². The molecule has 13 atom stereocenters. The van der Waals surface area contributed by atoms with Crippen molar-refractivity contribution in [2.24, 2.45) is 28.6 Å². The number of aliphatic hydroxyl groups is 4. The van der Waals surface area contributed by atoms with Gasteiger partial charge in [-0.2, -0.15) is 0 Å². The van der Waals surface area contributed by atoms with Gasteiger partial charge in [-0.05, 0) is 105 Å². The zero-order chi connectivity index (χ0) is 27.0. The van der Waals surface area contributed by atoms with Gasteiger partial charge in [0, 0.05) is 11.5 Å². The summed E-state index contributed by atoms with van der Waals surface area (Å²) in [6.07, 6.45) is 4.75. The van der Waals surface area contributed by atoms with Crippen LogP contribution in [0.15, 0.2) is 27.6 Å². The highest BCUT2D eigenvalue weighted by Gasteiger charge is 2.67. The van der Waals surface area contributed by atoms with Crippen molar-refractivity contribution in [3.63, 3.8) is 0 Å². The number of ether oxygens (including phenoxy) is 2. The van der Waals surface area contributed by atoms with Crippen molar-refractivity contribution in [1.82, 2.24) is 0 Å². The third kappa shape index (κ3) is 3.89. The topological polar surface area (TPSA) is 130 Å². The van der Waals surface area contributed by atoms with Gasteiger partial charge in [0.1, 0.15) is 18.3 Å². The second-order valence-corrected chi connectivity index (χ2v) is 13.6. The van der Waals surface area contributed by atoms with Crippen LogP contribution < -0.4 is 5.63 Å². The summed E-state index contributed by atoms with van der Waals surface area (Å²) in [5.41, 5.74) is -0.168. The fraction of sp³-hybridized carbons (Fsp3) is 0.833. The van der Waals surface area contributed by atoms with Crippen LogP contribution in [0.1, 0.15) is 90.0 Å². The van der Waals surface area contributed by atoms with Gasteiger partial charge in [0.05, 0.1) is 24.1 Å². The fourth-order valence-electron chi connectivity index (χ4n) is 9.73. The number of rotatable bonds is 3. The van der Waals surface area contributed by atoms with Crippen LogP contribution in [-0.2, 0) is 9.47 Å². The smallest absolute Gasteiger partial charge is 0.335 e. The minimum absolute atomic E-state index is 0.0699. The van der Waals surface area contributed by atoms with Gasteiger partial charge in [-0.3, -0.25) is 0 Å². The summed E-state index contributed by atoms with van der Waals surface area (Å²) in [6.45, 7) is 6.36. The Kier molecular flexibility index (Phi) is 6.64. The Morgan fingerprint density at radius 3 is 2.45 bits per heavy atom. The maximum Gasteiger partial charge on any atom is 0.335 e. The molecular weight excluding hydrogens is 488 g/mol. The van der Waals surface area contributed by atoms with Crippen molar-refractivity contribution in [3.05, 3.63) is 34.4 Å². The fourth-order valence-corrected chi connectivity index (χ4v) is 9.73. The first-order chi connectivity index (χ1) is 18.0. The van der Waals surface area contributed by atoms with Crippen LogP contribution in [0, 0.1) is 28.6 Å². The maximum absolute atomic E-state index is 12.4. The number of hydrogen-bond donors (Lipinski definition) is 4. The first-order valence-electron chi connectivity index (χ1n) is 14.6. The van der Waals surface area contributed by atoms with Gasteiger partial charge in [-0.25, -0.2) is 4.79 Å². The lowest BCUT2D eigenvalue weighted by Crippen LogP contribution is -2.62. The van der Waals surface area contributed by atoms with E-state index in [1.807, 2.05) is 6.07 Å². The Labute approximate surface area is 224 Å². The normalized spacial score (nSPS) is 52.6. The molecule has 8 heteroatoms. The highest BCUT2D eigenvalue weighted by Crippen LogP contribution is 2.70. The van der Waals surface area contributed by atoms with E-state index in [1.54, 1.807) is 13.2 Å². The lowest BCUT2D eigenvalue weighted by Gasteiger charge is -2.63. The quantitative estimate of drug-likeness (QED) is 0.437. The zero-order valence-electron chi connectivity index (χ0n) is 22.8. The molecule has 4 saturated carbocycles. The van der Waals surface area contributed by atoms with Crippen molar-refractivity contribution in [2.75, 3.05) is 0 Å². The maximum atomic E-state index is 12.4. The van der Waals surface area contributed by atoms with Crippen molar-refractivity contribution < 1.29 is 34.3 Å². The molecule has 1 aromatic rings. The number of hydrogen-bond acceptors (Lipinski definition) is 8. The van der Waals surface area contributed by atoms with E-state index in [0.29, 0.717) is 11.8 Å². The third-order valence-corrected chi connectivity index (χ3v) is 12.1. The van der Waals surface area contributed by atoms with E-state index in [-0.39, 0.29) is 34.4 Å². The average Bonchev–Trinajstić information content (AvgIpc) is 3.18. The van der Waals surface area contributed by atoms with Gasteiger partial charge in [0.25, 0.3) is 0 Å². The Morgan fingerprint density at radius 2 is 1.71 bits per heavy atom. The molecule has 1 unspecified atom stereocenters. The zero-order valence-corrected chi connectivity index (χ0v) is 22.8. The molecular formula is C30H44O8. The number of aliphatic hydroxyl groups excluding tert-OH is 3. The van der Waals surface area contributed by atoms with Gasteiger partial charge in [0.2, 0.25) is 0 Å². The molecule has 38 heavy (non-hydrogen) atoms. The molecule has 5 fully saturated rings. The molecule has 6 rings (SSSR count). The number of fused-ring (bicyclic) bond motifs is 5. The van der Waals surface area contributed by atoms with E-state index >= 15 is 0 Å². The first kappa shape index (κ1) is 26.9. The van der Waals surface area contributed by atoms with E-state index in [4.69, 9.17) is 13.9 Å². The van der Waals surface area contributed by atoms with E-state index in [9.17, 15) is 25.2 Å². The largest absolute Gasteiger partial charge is 0.431 e. The first-order valence-corrected chi connectivity index (χ1v) is 14.6. The second kappa shape index (κ2) is 9.38. The SMILES string of the molecule is C[C@@H]1O[C@H](O[C@H]2CC[C@@]3(C)[C@H](CC[C@@H]4[C@@H]3CC[C@]3(C)C(c5ccc(=O)oc5)CC[C@]43O)C2)[C@@H](O)[C@H](O)[C@@H]1O. The summed E-state index contributed by atoms with van der Waals surface area (Å²) in [5, 5.41) is 43.1. The highest BCUT2D eigenvalue weighted by molar-refractivity contribution is 5.27. The molecule has 4 aliphatic carbocycles. The van der Waals surface area contributed by atoms with E-state index < -0.39 is 36.3 Å². The Morgan fingerprint density at radius 1 is 0.921 bits per heavy atom. The predicted octanol–water partition coefficient (Wildman–Crippen LogP) is 3.09. The molecule has 0 bridgehead atoms. The lowest BCUT2D eigenvalue weighted by molar-refractivity contribution is -0.310. The molecule has 2 heterocycles. The summed E-state index contributed by atoms with van der Waals surface area (Å²) >= 11 is 0. The molecule has 1 aromatic heterocycles. The molecule has 0 aromatic carbocycles. The van der Waals surface area contributed by atoms with Crippen LogP contribution in [0.4, 0.5) is 0 Å². The Bertz CT molecular complexity index is 1070. The predicted molar refractivity (Wildman–Crippen MR) is 138 cm³/mol. The molecule has 1 aliphatic heterocycles.